The highest BCUT2D eigenvalue weighted by Gasteiger charge is 2.79. The zero-order valence-corrected chi connectivity index (χ0v) is 11.9. The second kappa shape index (κ2) is 7.61. The Morgan fingerprint density at radius 2 is 1.41 bits per heavy atom. The van der Waals surface area contributed by atoms with E-state index in [1.807, 2.05) is 0 Å². The standard InChI is InChI=1S/C13H18F8O/c1-2-3-4-5-7-10(14,15)12(18,19)13(20,21)11(16,17)8-6-9-22/h5,7,22H,2-4,6,8-9H2,1H3/b7-5+. The van der Waals surface area contributed by atoms with Gasteiger partial charge in [-0.3, -0.25) is 0 Å². The van der Waals surface area contributed by atoms with Crippen molar-refractivity contribution < 1.29 is 40.2 Å². The van der Waals surface area contributed by atoms with Gasteiger partial charge in [0.1, 0.15) is 0 Å². The van der Waals surface area contributed by atoms with Crippen LogP contribution in [0.25, 0.3) is 0 Å². The molecule has 0 saturated carbocycles. The molecule has 0 fully saturated rings. The normalized spacial score (nSPS) is 14.8. The number of rotatable bonds is 10. The molecule has 0 unspecified atom stereocenters. The third-order valence-electron chi connectivity index (χ3n) is 2.97. The number of hydrogen-bond donors (Lipinski definition) is 1. The Morgan fingerprint density at radius 1 is 0.864 bits per heavy atom. The molecule has 0 rings (SSSR count). The van der Waals surface area contributed by atoms with Crippen LogP contribution in [0.2, 0.25) is 0 Å². The lowest BCUT2D eigenvalue weighted by molar-refractivity contribution is -0.356. The predicted molar refractivity (Wildman–Crippen MR) is 64.8 cm³/mol. The van der Waals surface area contributed by atoms with Crippen molar-refractivity contribution >= 4 is 0 Å². The lowest BCUT2D eigenvalue weighted by Crippen LogP contribution is -2.61. The van der Waals surface area contributed by atoms with E-state index in [2.05, 4.69) is 0 Å². The summed E-state index contributed by atoms with van der Waals surface area (Å²) in [4.78, 5) is 0. The fraction of sp³-hybridized carbons (Fsp3) is 0.846. The van der Waals surface area contributed by atoms with Crippen molar-refractivity contribution in [3.05, 3.63) is 12.2 Å². The van der Waals surface area contributed by atoms with E-state index in [1.54, 1.807) is 6.92 Å². The van der Waals surface area contributed by atoms with Crippen LogP contribution in [0.4, 0.5) is 35.1 Å². The number of aliphatic hydroxyl groups excluding tert-OH is 1. The van der Waals surface area contributed by atoms with Gasteiger partial charge < -0.3 is 5.11 Å². The number of hydrogen-bond acceptors (Lipinski definition) is 1. The summed E-state index contributed by atoms with van der Waals surface area (Å²) in [6.07, 6.45) is -1.78. The molecule has 0 aliphatic rings. The molecule has 0 heterocycles. The van der Waals surface area contributed by atoms with Crippen LogP contribution >= 0.6 is 0 Å². The van der Waals surface area contributed by atoms with Crippen LogP contribution in [0.15, 0.2) is 12.2 Å². The van der Waals surface area contributed by atoms with Gasteiger partial charge in [0.25, 0.3) is 0 Å². The molecule has 22 heavy (non-hydrogen) atoms. The molecule has 9 heteroatoms. The molecule has 0 aliphatic heterocycles. The fourth-order valence-electron chi connectivity index (χ4n) is 1.56. The highest BCUT2D eigenvalue weighted by molar-refractivity contribution is 5.11. The van der Waals surface area contributed by atoms with Crippen molar-refractivity contribution in [2.24, 2.45) is 0 Å². The van der Waals surface area contributed by atoms with E-state index in [0.717, 1.165) is 0 Å². The average molecular weight is 342 g/mol. The van der Waals surface area contributed by atoms with Gasteiger partial charge in [-0.2, -0.15) is 35.1 Å². The van der Waals surface area contributed by atoms with Gasteiger partial charge in [-0.1, -0.05) is 25.8 Å². The summed E-state index contributed by atoms with van der Waals surface area (Å²) in [6.45, 7) is 0.737. The molecule has 0 aliphatic carbocycles. The Bertz CT molecular complexity index is 365. The van der Waals surface area contributed by atoms with Gasteiger partial charge in [0, 0.05) is 13.0 Å². The summed E-state index contributed by atoms with van der Waals surface area (Å²) < 4.78 is 106. The van der Waals surface area contributed by atoms with E-state index in [0.29, 0.717) is 18.9 Å². The molecule has 1 N–H and O–H groups in total. The highest BCUT2D eigenvalue weighted by Crippen LogP contribution is 2.54. The molecule has 0 spiro atoms. The largest absolute Gasteiger partial charge is 0.396 e. The van der Waals surface area contributed by atoms with Crippen LogP contribution in [0.5, 0.6) is 0 Å². The Kier molecular flexibility index (Phi) is 7.31. The van der Waals surface area contributed by atoms with E-state index in [9.17, 15) is 35.1 Å². The first-order chi connectivity index (χ1) is 9.87. The minimum atomic E-state index is -6.26. The van der Waals surface area contributed by atoms with Crippen LogP contribution in [0, 0.1) is 0 Å². The number of alkyl halides is 8. The summed E-state index contributed by atoms with van der Waals surface area (Å²) >= 11 is 0. The zero-order chi connectivity index (χ0) is 17.7. The fourth-order valence-corrected chi connectivity index (χ4v) is 1.56. The van der Waals surface area contributed by atoms with E-state index in [1.165, 1.54) is 0 Å². The molecule has 0 aromatic rings. The van der Waals surface area contributed by atoms with E-state index in [4.69, 9.17) is 5.11 Å². The molecule has 0 amide bonds. The lowest BCUT2D eigenvalue weighted by atomic mass is 9.95. The zero-order valence-electron chi connectivity index (χ0n) is 11.9. The van der Waals surface area contributed by atoms with Crippen LogP contribution < -0.4 is 0 Å². The molecule has 132 valence electrons. The molecule has 0 aromatic heterocycles. The van der Waals surface area contributed by atoms with Gasteiger partial charge in [-0.15, -0.1) is 0 Å². The maximum absolute atomic E-state index is 13.3. The van der Waals surface area contributed by atoms with Crippen molar-refractivity contribution in [2.45, 2.75) is 62.7 Å². The third-order valence-corrected chi connectivity index (χ3v) is 2.97. The molecular formula is C13H18F8O. The van der Waals surface area contributed by atoms with Crippen molar-refractivity contribution in [2.75, 3.05) is 6.61 Å². The van der Waals surface area contributed by atoms with Crippen molar-refractivity contribution in [3.8, 4) is 0 Å². The van der Waals surface area contributed by atoms with Crippen molar-refractivity contribution in [1.82, 2.24) is 0 Å². The van der Waals surface area contributed by atoms with Gasteiger partial charge in [0.2, 0.25) is 0 Å². The summed E-state index contributed by atoms with van der Waals surface area (Å²) in [5, 5.41) is 8.30. The maximum atomic E-state index is 13.3. The summed E-state index contributed by atoms with van der Waals surface area (Å²) in [6, 6.07) is 0. The van der Waals surface area contributed by atoms with Crippen molar-refractivity contribution in [1.29, 1.82) is 0 Å². The van der Waals surface area contributed by atoms with Crippen LogP contribution in [-0.4, -0.2) is 35.4 Å². The smallest absolute Gasteiger partial charge is 0.381 e. The molecule has 0 radical (unpaired) electrons. The second-order valence-electron chi connectivity index (χ2n) is 4.85. The predicted octanol–water partition coefficient (Wildman–Crippen LogP) is 5.05. The first-order valence-electron chi connectivity index (χ1n) is 6.67. The molecule has 1 nitrogen and oxygen atoms in total. The maximum Gasteiger partial charge on any atom is 0.381 e. The summed E-state index contributed by atoms with van der Waals surface area (Å²) in [5.41, 5.74) is 0. The van der Waals surface area contributed by atoms with Gasteiger partial charge in [-0.05, 0) is 18.9 Å². The van der Waals surface area contributed by atoms with Gasteiger partial charge in [0.15, 0.2) is 0 Å². The molecule has 0 saturated heterocycles. The van der Waals surface area contributed by atoms with Gasteiger partial charge in [-0.25, -0.2) is 0 Å². The van der Waals surface area contributed by atoms with Crippen LogP contribution in [-0.2, 0) is 0 Å². The molecule has 0 aromatic carbocycles. The van der Waals surface area contributed by atoms with E-state index < -0.39 is 49.2 Å². The highest BCUT2D eigenvalue weighted by atomic mass is 19.4. The van der Waals surface area contributed by atoms with Gasteiger partial charge in [0.05, 0.1) is 0 Å². The molecule has 0 atom stereocenters. The topological polar surface area (TPSA) is 20.2 Å². The summed E-state index contributed by atoms with van der Waals surface area (Å²) in [5.74, 6) is -23.3. The Labute approximate surface area is 123 Å². The minimum absolute atomic E-state index is 0.0609. The van der Waals surface area contributed by atoms with Crippen molar-refractivity contribution in [3.63, 3.8) is 0 Å². The van der Waals surface area contributed by atoms with Crippen LogP contribution in [0.1, 0.15) is 39.0 Å². The Hall–Kier alpha value is -0.860. The molecular weight excluding hydrogens is 324 g/mol. The van der Waals surface area contributed by atoms with Crippen LogP contribution in [0.3, 0.4) is 0 Å². The minimum Gasteiger partial charge on any atom is -0.396 e. The third kappa shape index (κ3) is 4.33. The van der Waals surface area contributed by atoms with E-state index in [-0.39, 0.29) is 6.42 Å². The van der Waals surface area contributed by atoms with Gasteiger partial charge >= 0.3 is 23.7 Å². The number of halogens is 8. The first kappa shape index (κ1) is 21.1. The average Bonchev–Trinajstić information content (AvgIpc) is 2.40. The monoisotopic (exact) mass is 342 g/mol. The summed E-state index contributed by atoms with van der Waals surface area (Å²) in [7, 11) is 0. The Morgan fingerprint density at radius 3 is 1.86 bits per heavy atom. The second-order valence-corrected chi connectivity index (χ2v) is 4.85. The number of unbranched alkanes of at least 4 members (excludes halogenated alkanes) is 2. The molecule has 0 bridgehead atoms. The first-order valence-corrected chi connectivity index (χ1v) is 6.67. The lowest BCUT2D eigenvalue weighted by Gasteiger charge is -2.35. The van der Waals surface area contributed by atoms with E-state index >= 15 is 0 Å². The quantitative estimate of drug-likeness (QED) is 0.335. The Balaban J connectivity index is 5.34. The number of aliphatic hydroxyl groups is 1. The number of allylic oxidation sites excluding steroid dienone is 2. The SMILES string of the molecule is CCCC/C=C/C(F)(F)C(F)(F)C(F)(F)C(F)(F)CCCO.